The maximum absolute atomic E-state index is 12.3. The average molecular weight is 260 g/mol. The van der Waals surface area contributed by atoms with E-state index in [1.54, 1.807) is 0 Å². The summed E-state index contributed by atoms with van der Waals surface area (Å²) in [5, 5.41) is 6.44. The molecule has 1 aromatic rings. The molecule has 1 aliphatic rings. The minimum Gasteiger partial charge on any atom is -0.352 e. The van der Waals surface area contributed by atoms with Gasteiger partial charge in [0, 0.05) is 12.6 Å². The summed E-state index contributed by atoms with van der Waals surface area (Å²) in [7, 11) is 0. The van der Waals surface area contributed by atoms with E-state index in [-0.39, 0.29) is 23.4 Å². The van der Waals surface area contributed by atoms with Crippen molar-refractivity contribution in [3.8, 4) is 0 Å². The zero-order valence-corrected chi connectivity index (χ0v) is 12.3. The predicted molar refractivity (Wildman–Crippen MR) is 77.8 cm³/mol. The van der Waals surface area contributed by atoms with Crippen LogP contribution >= 0.6 is 0 Å². The van der Waals surface area contributed by atoms with Gasteiger partial charge in [0.25, 0.3) is 0 Å². The minimum absolute atomic E-state index is 0.0855. The van der Waals surface area contributed by atoms with Crippen molar-refractivity contribution in [1.29, 1.82) is 0 Å². The van der Waals surface area contributed by atoms with Gasteiger partial charge < -0.3 is 10.6 Å². The maximum atomic E-state index is 12.3. The van der Waals surface area contributed by atoms with Crippen molar-refractivity contribution in [2.24, 2.45) is 5.41 Å². The van der Waals surface area contributed by atoms with Crippen molar-refractivity contribution in [3.63, 3.8) is 0 Å². The summed E-state index contributed by atoms with van der Waals surface area (Å²) in [6, 6.07) is 8.37. The van der Waals surface area contributed by atoms with Crippen molar-refractivity contribution >= 4 is 5.91 Å². The van der Waals surface area contributed by atoms with Gasteiger partial charge in [0.2, 0.25) is 5.91 Å². The van der Waals surface area contributed by atoms with E-state index < -0.39 is 0 Å². The van der Waals surface area contributed by atoms with Gasteiger partial charge in [-0.2, -0.15) is 0 Å². The Kier molecular flexibility index (Phi) is 3.95. The second kappa shape index (κ2) is 5.33. The van der Waals surface area contributed by atoms with Crippen molar-refractivity contribution in [3.05, 3.63) is 35.4 Å². The average Bonchev–Trinajstić information content (AvgIpc) is 2.37. The van der Waals surface area contributed by atoms with Gasteiger partial charge in [0.15, 0.2) is 0 Å². The molecule has 2 atom stereocenters. The zero-order chi connectivity index (χ0) is 14.0. The summed E-state index contributed by atoms with van der Waals surface area (Å²) in [4.78, 5) is 12.3. The van der Waals surface area contributed by atoms with Gasteiger partial charge in [-0.1, -0.05) is 45.0 Å². The van der Waals surface area contributed by atoms with Gasteiger partial charge in [0.05, 0.1) is 6.04 Å². The van der Waals surface area contributed by atoms with Gasteiger partial charge in [0.1, 0.15) is 0 Å². The quantitative estimate of drug-likeness (QED) is 0.856. The van der Waals surface area contributed by atoms with Crippen molar-refractivity contribution in [1.82, 2.24) is 10.6 Å². The first kappa shape index (κ1) is 14.1. The minimum atomic E-state index is -0.111. The van der Waals surface area contributed by atoms with E-state index in [1.165, 1.54) is 11.1 Å². The lowest BCUT2D eigenvalue weighted by Crippen LogP contribution is -2.52. The van der Waals surface area contributed by atoms with Gasteiger partial charge in [-0.25, -0.2) is 0 Å². The van der Waals surface area contributed by atoms with Crippen molar-refractivity contribution in [2.75, 3.05) is 0 Å². The summed E-state index contributed by atoms with van der Waals surface area (Å²) < 4.78 is 0. The molecule has 0 radical (unpaired) electrons. The maximum Gasteiger partial charge on any atom is 0.237 e. The van der Waals surface area contributed by atoms with Gasteiger partial charge >= 0.3 is 0 Å². The number of rotatable bonds is 2. The summed E-state index contributed by atoms with van der Waals surface area (Å²) in [6.45, 7) is 9.26. The number of fused-ring (bicyclic) bond motifs is 1. The molecule has 0 spiro atoms. The van der Waals surface area contributed by atoms with Crippen LogP contribution in [0.1, 0.15) is 38.8 Å². The molecule has 104 valence electrons. The third-order valence-corrected chi connectivity index (χ3v) is 4.06. The van der Waals surface area contributed by atoms with E-state index in [0.29, 0.717) is 0 Å². The fourth-order valence-corrected chi connectivity index (χ4v) is 2.17. The Morgan fingerprint density at radius 3 is 2.58 bits per heavy atom. The molecule has 0 fully saturated rings. The highest BCUT2D eigenvalue weighted by atomic mass is 16.2. The summed E-state index contributed by atoms with van der Waals surface area (Å²) in [6.07, 6.45) is 0.777. The normalized spacial score (nSPS) is 20.5. The van der Waals surface area contributed by atoms with Crippen LogP contribution in [0, 0.1) is 5.41 Å². The molecule has 2 rings (SSSR count). The first-order valence-corrected chi connectivity index (χ1v) is 6.98. The Balaban J connectivity index is 1.99. The lowest BCUT2D eigenvalue weighted by atomic mass is 9.87. The van der Waals surface area contributed by atoms with Crippen molar-refractivity contribution < 1.29 is 4.79 Å². The molecule has 3 nitrogen and oxygen atoms in total. The molecule has 1 aliphatic heterocycles. The standard InChI is InChI=1S/C16H24N2O/c1-11(16(2,3)4)18-15(19)14-9-12-7-5-6-8-13(12)10-17-14/h5-8,11,14,17H,9-10H2,1-4H3,(H,18,19). The second-order valence-electron chi connectivity index (χ2n) is 6.50. The highest BCUT2D eigenvalue weighted by molar-refractivity contribution is 5.82. The largest absolute Gasteiger partial charge is 0.352 e. The molecule has 1 aromatic carbocycles. The fourth-order valence-electron chi connectivity index (χ4n) is 2.17. The van der Waals surface area contributed by atoms with Crippen LogP contribution in [0.4, 0.5) is 0 Å². The number of carbonyl (C=O) groups excluding carboxylic acids is 1. The van der Waals surface area contributed by atoms with E-state index in [0.717, 1.165) is 13.0 Å². The molecular weight excluding hydrogens is 236 g/mol. The number of hydrogen-bond donors (Lipinski definition) is 2. The highest BCUT2D eigenvalue weighted by Crippen LogP contribution is 2.20. The van der Waals surface area contributed by atoms with Crippen LogP contribution in [0.15, 0.2) is 24.3 Å². The molecule has 0 saturated carbocycles. The molecular formula is C16H24N2O. The van der Waals surface area contributed by atoms with Crippen LogP contribution in [-0.2, 0) is 17.8 Å². The molecule has 0 aromatic heterocycles. The van der Waals surface area contributed by atoms with E-state index in [4.69, 9.17) is 0 Å². The summed E-state index contributed by atoms with van der Waals surface area (Å²) >= 11 is 0. The third-order valence-electron chi connectivity index (χ3n) is 4.06. The Morgan fingerprint density at radius 2 is 1.95 bits per heavy atom. The number of hydrogen-bond acceptors (Lipinski definition) is 2. The van der Waals surface area contributed by atoms with Crippen LogP contribution in [0.5, 0.6) is 0 Å². The topological polar surface area (TPSA) is 41.1 Å². The summed E-state index contributed by atoms with van der Waals surface area (Å²) in [5.41, 5.74) is 2.67. The van der Waals surface area contributed by atoms with Crippen LogP contribution in [-0.4, -0.2) is 18.0 Å². The SMILES string of the molecule is CC(NC(=O)C1Cc2ccccc2CN1)C(C)(C)C. The monoisotopic (exact) mass is 260 g/mol. The van der Waals surface area contributed by atoms with E-state index in [2.05, 4.69) is 50.5 Å². The smallest absolute Gasteiger partial charge is 0.237 e. The lowest BCUT2D eigenvalue weighted by molar-refractivity contribution is -0.124. The Bertz CT molecular complexity index is 462. The molecule has 0 saturated heterocycles. The highest BCUT2D eigenvalue weighted by Gasteiger charge is 2.28. The second-order valence-corrected chi connectivity index (χ2v) is 6.50. The zero-order valence-electron chi connectivity index (χ0n) is 12.3. The lowest BCUT2D eigenvalue weighted by Gasteiger charge is -2.31. The number of carbonyl (C=O) groups is 1. The van der Waals surface area contributed by atoms with Crippen LogP contribution in [0.25, 0.3) is 0 Å². The fraction of sp³-hybridized carbons (Fsp3) is 0.562. The first-order chi connectivity index (χ1) is 8.88. The van der Waals surface area contributed by atoms with Crippen LogP contribution in [0.2, 0.25) is 0 Å². The molecule has 1 heterocycles. The predicted octanol–water partition coefficient (Wildman–Crippen LogP) is 2.25. The molecule has 3 heteroatoms. The van der Waals surface area contributed by atoms with Crippen LogP contribution < -0.4 is 10.6 Å². The van der Waals surface area contributed by atoms with E-state index in [9.17, 15) is 4.79 Å². The number of amides is 1. The number of nitrogens with one attached hydrogen (secondary N) is 2. The van der Waals surface area contributed by atoms with Gasteiger partial charge in [-0.05, 0) is 29.9 Å². The van der Waals surface area contributed by atoms with E-state index in [1.807, 2.05) is 12.1 Å². The Hall–Kier alpha value is -1.35. The Morgan fingerprint density at radius 1 is 1.32 bits per heavy atom. The Labute approximate surface area is 115 Å². The van der Waals surface area contributed by atoms with Gasteiger partial charge in [-0.15, -0.1) is 0 Å². The van der Waals surface area contributed by atoms with Gasteiger partial charge in [-0.3, -0.25) is 4.79 Å². The van der Waals surface area contributed by atoms with Crippen molar-refractivity contribution in [2.45, 2.75) is 52.7 Å². The molecule has 0 bridgehead atoms. The first-order valence-electron chi connectivity index (χ1n) is 6.98. The summed E-state index contributed by atoms with van der Waals surface area (Å²) in [5.74, 6) is 0.108. The molecule has 1 amide bonds. The molecule has 0 aliphatic carbocycles. The van der Waals surface area contributed by atoms with Crippen LogP contribution in [0.3, 0.4) is 0 Å². The number of benzene rings is 1. The molecule has 2 N–H and O–H groups in total. The molecule has 19 heavy (non-hydrogen) atoms. The third kappa shape index (κ3) is 3.35. The van der Waals surface area contributed by atoms with E-state index >= 15 is 0 Å². The molecule has 2 unspecified atom stereocenters.